The van der Waals surface area contributed by atoms with E-state index in [-0.39, 0.29) is 5.91 Å². The molecule has 1 amide bonds. The third kappa shape index (κ3) is 4.14. The van der Waals surface area contributed by atoms with Crippen molar-refractivity contribution in [3.8, 4) is 11.8 Å². The van der Waals surface area contributed by atoms with Crippen molar-refractivity contribution in [3.63, 3.8) is 0 Å². The van der Waals surface area contributed by atoms with Crippen LogP contribution in [0.5, 0.6) is 5.75 Å². The van der Waals surface area contributed by atoms with Crippen molar-refractivity contribution in [1.29, 1.82) is 5.26 Å². The molecule has 0 aliphatic carbocycles. The van der Waals surface area contributed by atoms with E-state index in [0.29, 0.717) is 27.0 Å². The average molecular weight is 335 g/mol. The van der Waals surface area contributed by atoms with E-state index in [0.717, 1.165) is 0 Å². The molecule has 2 rings (SSSR count). The molecule has 1 atom stereocenters. The number of anilines is 1. The van der Waals surface area contributed by atoms with Crippen molar-refractivity contribution in [3.05, 3.63) is 58.1 Å². The fourth-order valence-corrected chi connectivity index (χ4v) is 2.15. The molecule has 0 aromatic heterocycles. The molecule has 0 bridgehead atoms. The van der Waals surface area contributed by atoms with Crippen LogP contribution < -0.4 is 10.1 Å². The molecule has 0 saturated heterocycles. The van der Waals surface area contributed by atoms with Gasteiger partial charge in [-0.15, -0.1) is 0 Å². The molecule has 1 N–H and O–H groups in total. The number of ether oxygens (including phenoxy) is 1. The van der Waals surface area contributed by atoms with Crippen LogP contribution in [0.4, 0.5) is 5.69 Å². The quantitative estimate of drug-likeness (QED) is 0.907. The number of nitrogens with one attached hydrogen (secondary N) is 1. The molecule has 112 valence electrons. The zero-order valence-electron chi connectivity index (χ0n) is 11.6. The predicted molar refractivity (Wildman–Crippen MR) is 86.3 cm³/mol. The van der Waals surface area contributed by atoms with Crippen LogP contribution in [0.3, 0.4) is 0 Å². The Morgan fingerprint density at radius 1 is 1.23 bits per heavy atom. The zero-order chi connectivity index (χ0) is 16.1. The van der Waals surface area contributed by atoms with Gasteiger partial charge >= 0.3 is 0 Å². The molecule has 0 fully saturated rings. The number of carbonyl (C=O) groups excluding carboxylic acids is 1. The summed E-state index contributed by atoms with van der Waals surface area (Å²) in [7, 11) is 0. The lowest BCUT2D eigenvalue weighted by Crippen LogP contribution is -2.30. The molecule has 4 nitrogen and oxygen atoms in total. The number of nitriles is 1. The summed E-state index contributed by atoms with van der Waals surface area (Å²) in [5, 5.41) is 12.2. The number of hydrogen-bond donors (Lipinski definition) is 1. The summed E-state index contributed by atoms with van der Waals surface area (Å²) in [5.74, 6) is 0.164. The molecule has 0 saturated carbocycles. The van der Waals surface area contributed by atoms with E-state index in [1.807, 2.05) is 6.07 Å². The smallest absolute Gasteiger partial charge is 0.265 e. The van der Waals surface area contributed by atoms with Crippen LogP contribution in [0, 0.1) is 11.3 Å². The predicted octanol–water partition coefficient (Wildman–Crippen LogP) is 4.27. The summed E-state index contributed by atoms with van der Waals surface area (Å²) >= 11 is 11.8. The van der Waals surface area contributed by atoms with E-state index in [4.69, 9.17) is 33.2 Å². The Labute approximate surface area is 138 Å². The second-order valence-electron chi connectivity index (χ2n) is 4.51. The van der Waals surface area contributed by atoms with E-state index in [1.54, 1.807) is 49.4 Å². The second kappa shape index (κ2) is 7.17. The van der Waals surface area contributed by atoms with Crippen LogP contribution in [-0.4, -0.2) is 12.0 Å². The van der Waals surface area contributed by atoms with Gasteiger partial charge < -0.3 is 10.1 Å². The molecule has 0 heterocycles. The van der Waals surface area contributed by atoms with Gasteiger partial charge in [0.1, 0.15) is 5.75 Å². The van der Waals surface area contributed by atoms with Gasteiger partial charge in [-0.2, -0.15) is 5.26 Å². The van der Waals surface area contributed by atoms with Gasteiger partial charge in [-0.1, -0.05) is 23.2 Å². The minimum Gasteiger partial charge on any atom is -0.481 e. The highest BCUT2D eigenvalue weighted by atomic mass is 35.5. The minimum atomic E-state index is -0.723. The van der Waals surface area contributed by atoms with Gasteiger partial charge in [-0.25, -0.2) is 0 Å². The van der Waals surface area contributed by atoms with Crippen LogP contribution in [0.25, 0.3) is 0 Å². The minimum absolute atomic E-state index is 0.339. The Hall–Kier alpha value is -2.22. The topological polar surface area (TPSA) is 62.1 Å². The number of halogens is 2. The first-order valence-corrected chi connectivity index (χ1v) is 7.18. The molecule has 0 aliphatic rings. The van der Waals surface area contributed by atoms with Crippen LogP contribution in [-0.2, 0) is 4.79 Å². The third-order valence-corrected chi connectivity index (χ3v) is 3.40. The van der Waals surface area contributed by atoms with Gasteiger partial charge in [0.15, 0.2) is 6.10 Å². The Morgan fingerprint density at radius 2 is 1.91 bits per heavy atom. The highest BCUT2D eigenvalue weighted by Gasteiger charge is 2.16. The molecule has 0 aliphatic heterocycles. The molecule has 2 aromatic rings. The van der Waals surface area contributed by atoms with Gasteiger partial charge in [0.05, 0.1) is 22.3 Å². The Kier molecular flexibility index (Phi) is 5.26. The average Bonchev–Trinajstić information content (AvgIpc) is 2.50. The number of rotatable bonds is 4. The van der Waals surface area contributed by atoms with Gasteiger partial charge in [-0.05, 0) is 49.4 Å². The summed E-state index contributed by atoms with van der Waals surface area (Å²) in [6.07, 6.45) is -0.723. The standard InChI is InChI=1S/C16H12Cl2N2O2/c1-10(22-13-5-2-11(9-19)3-6-13)16(21)20-15-7-4-12(17)8-14(15)18/h2-8,10H,1H3,(H,20,21)/t10-/m1/s1. The van der Waals surface area contributed by atoms with E-state index in [9.17, 15) is 4.79 Å². The lowest BCUT2D eigenvalue weighted by atomic mass is 10.2. The first-order valence-electron chi connectivity index (χ1n) is 6.42. The van der Waals surface area contributed by atoms with E-state index < -0.39 is 6.10 Å². The highest BCUT2D eigenvalue weighted by molar-refractivity contribution is 6.36. The molecule has 22 heavy (non-hydrogen) atoms. The Bertz CT molecular complexity index is 724. The maximum atomic E-state index is 12.1. The molecule has 0 spiro atoms. The second-order valence-corrected chi connectivity index (χ2v) is 5.35. The lowest BCUT2D eigenvalue weighted by molar-refractivity contribution is -0.122. The molecule has 2 aromatic carbocycles. The first kappa shape index (κ1) is 16.2. The summed E-state index contributed by atoms with van der Waals surface area (Å²) in [4.78, 5) is 12.1. The van der Waals surface area contributed by atoms with Gasteiger partial charge in [0.25, 0.3) is 5.91 Å². The van der Waals surface area contributed by atoms with Crippen molar-refractivity contribution in [2.24, 2.45) is 0 Å². The third-order valence-electron chi connectivity index (χ3n) is 2.85. The SMILES string of the molecule is C[C@@H](Oc1ccc(C#N)cc1)C(=O)Nc1ccc(Cl)cc1Cl. The van der Waals surface area contributed by atoms with Crippen molar-refractivity contribution >= 4 is 34.8 Å². The molecular formula is C16H12Cl2N2O2. The van der Waals surface area contributed by atoms with Gasteiger partial charge in [0, 0.05) is 5.02 Å². The van der Waals surface area contributed by atoms with Crippen molar-refractivity contribution in [2.45, 2.75) is 13.0 Å². The van der Waals surface area contributed by atoms with Crippen molar-refractivity contribution < 1.29 is 9.53 Å². The first-order chi connectivity index (χ1) is 10.5. The van der Waals surface area contributed by atoms with Crippen molar-refractivity contribution in [2.75, 3.05) is 5.32 Å². The number of hydrogen-bond acceptors (Lipinski definition) is 3. The fourth-order valence-electron chi connectivity index (χ4n) is 1.69. The largest absolute Gasteiger partial charge is 0.481 e. The summed E-state index contributed by atoms with van der Waals surface area (Å²) < 4.78 is 5.52. The number of nitrogens with zero attached hydrogens (tertiary/aromatic N) is 1. The summed E-state index contributed by atoms with van der Waals surface area (Å²) in [5.41, 5.74) is 0.990. The maximum Gasteiger partial charge on any atom is 0.265 e. The number of benzene rings is 2. The maximum absolute atomic E-state index is 12.1. The number of amides is 1. The Morgan fingerprint density at radius 3 is 2.50 bits per heavy atom. The zero-order valence-corrected chi connectivity index (χ0v) is 13.2. The lowest BCUT2D eigenvalue weighted by Gasteiger charge is -2.15. The highest BCUT2D eigenvalue weighted by Crippen LogP contribution is 2.25. The van der Waals surface area contributed by atoms with E-state index >= 15 is 0 Å². The summed E-state index contributed by atoms with van der Waals surface area (Å²) in [6, 6.07) is 13.3. The van der Waals surface area contributed by atoms with E-state index in [2.05, 4.69) is 5.32 Å². The number of carbonyl (C=O) groups is 1. The van der Waals surface area contributed by atoms with Crippen LogP contribution >= 0.6 is 23.2 Å². The molecule has 0 radical (unpaired) electrons. The molecular weight excluding hydrogens is 323 g/mol. The van der Waals surface area contributed by atoms with Crippen LogP contribution in [0.1, 0.15) is 12.5 Å². The molecule has 6 heteroatoms. The van der Waals surface area contributed by atoms with Gasteiger partial charge in [-0.3, -0.25) is 4.79 Å². The normalized spacial score (nSPS) is 11.4. The van der Waals surface area contributed by atoms with Crippen LogP contribution in [0.15, 0.2) is 42.5 Å². The van der Waals surface area contributed by atoms with Crippen LogP contribution in [0.2, 0.25) is 10.0 Å². The molecule has 0 unspecified atom stereocenters. The van der Waals surface area contributed by atoms with E-state index in [1.165, 1.54) is 0 Å². The fraction of sp³-hybridized carbons (Fsp3) is 0.125. The van der Waals surface area contributed by atoms with Crippen molar-refractivity contribution in [1.82, 2.24) is 0 Å². The monoisotopic (exact) mass is 334 g/mol. The van der Waals surface area contributed by atoms with Gasteiger partial charge in [0.2, 0.25) is 0 Å². The summed E-state index contributed by atoms with van der Waals surface area (Å²) in [6.45, 7) is 1.62. The Balaban J connectivity index is 2.01.